The van der Waals surface area contributed by atoms with Crippen molar-refractivity contribution < 1.29 is 9.26 Å². The number of nitrogens with one attached hydrogen (secondary N) is 1. The molecule has 1 aromatic rings. The minimum atomic E-state index is -0.0736. The molecule has 2 rings (SSSR count). The number of piperidine rings is 1. The Kier molecular flexibility index (Phi) is 4.72. The highest BCUT2D eigenvalue weighted by molar-refractivity contribution is 4.94. The Morgan fingerprint density at radius 1 is 1.39 bits per heavy atom. The number of hydrogen-bond donors (Lipinski definition) is 1. The lowest BCUT2D eigenvalue weighted by Crippen LogP contribution is -2.28. The van der Waals surface area contributed by atoms with Gasteiger partial charge in [0, 0.05) is 13.5 Å². The number of rotatable bonds is 5. The van der Waals surface area contributed by atoms with E-state index in [9.17, 15) is 0 Å². The third-order valence-corrected chi connectivity index (χ3v) is 3.52. The van der Waals surface area contributed by atoms with Crippen molar-refractivity contribution in [3.8, 4) is 0 Å². The van der Waals surface area contributed by atoms with E-state index in [1.807, 2.05) is 0 Å². The zero-order valence-electron chi connectivity index (χ0n) is 11.5. The van der Waals surface area contributed by atoms with Crippen LogP contribution in [0.2, 0.25) is 0 Å². The number of hydrogen-bond acceptors (Lipinski definition) is 5. The molecule has 1 N–H and O–H groups in total. The summed E-state index contributed by atoms with van der Waals surface area (Å²) in [5.74, 6) is 2.44. The van der Waals surface area contributed by atoms with E-state index in [1.54, 1.807) is 7.11 Å². The predicted octanol–water partition coefficient (Wildman–Crippen LogP) is 1.96. The van der Waals surface area contributed by atoms with Crippen molar-refractivity contribution in [1.29, 1.82) is 0 Å². The molecule has 0 aliphatic carbocycles. The fraction of sp³-hybridized carbons (Fsp3) is 0.846. The fourth-order valence-electron chi connectivity index (χ4n) is 2.48. The van der Waals surface area contributed by atoms with E-state index in [2.05, 4.69) is 29.3 Å². The van der Waals surface area contributed by atoms with Gasteiger partial charge in [0.25, 0.3) is 0 Å². The summed E-state index contributed by atoms with van der Waals surface area (Å²) in [5, 5.41) is 7.41. The average molecular weight is 253 g/mol. The predicted molar refractivity (Wildman–Crippen MR) is 68.2 cm³/mol. The summed E-state index contributed by atoms with van der Waals surface area (Å²) in [7, 11) is 1.69. The molecule has 1 aliphatic rings. The van der Waals surface area contributed by atoms with Gasteiger partial charge in [-0.3, -0.25) is 0 Å². The van der Waals surface area contributed by atoms with Crippen LogP contribution >= 0.6 is 0 Å². The molecule has 0 spiro atoms. The molecule has 1 fully saturated rings. The molecule has 1 aromatic heterocycles. The van der Waals surface area contributed by atoms with Crippen LogP contribution in [0.5, 0.6) is 0 Å². The van der Waals surface area contributed by atoms with Crippen molar-refractivity contribution in [2.45, 2.75) is 39.2 Å². The van der Waals surface area contributed by atoms with Crippen LogP contribution < -0.4 is 5.32 Å². The Hall–Kier alpha value is -0.940. The molecule has 0 saturated carbocycles. The smallest absolute Gasteiger partial charge is 0.227 e. The second kappa shape index (κ2) is 6.29. The van der Waals surface area contributed by atoms with Gasteiger partial charge in [-0.25, -0.2) is 0 Å². The summed E-state index contributed by atoms with van der Waals surface area (Å²) in [6.07, 6.45) is 3.20. The van der Waals surface area contributed by atoms with E-state index in [4.69, 9.17) is 9.26 Å². The molecular weight excluding hydrogens is 230 g/mol. The second-order valence-electron chi connectivity index (χ2n) is 5.34. The van der Waals surface area contributed by atoms with Gasteiger partial charge in [-0.05, 0) is 37.8 Å². The molecule has 0 amide bonds. The fourth-order valence-corrected chi connectivity index (χ4v) is 2.48. The minimum Gasteiger partial charge on any atom is -0.373 e. The van der Waals surface area contributed by atoms with Crippen LogP contribution in [-0.2, 0) is 11.2 Å². The number of ether oxygens (including phenoxy) is 1. The first-order valence-corrected chi connectivity index (χ1v) is 6.76. The third kappa shape index (κ3) is 3.29. The molecule has 5 heteroatoms. The molecule has 0 aromatic carbocycles. The lowest BCUT2D eigenvalue weighted by Gasteiger charge is -2.20. The first-order chi connectivity index (χ1) is 8.70. The highest BCUT2D eigenvalue weighted by Crippen LogP contribution is 2.23. The first kappa shape index (κ1) is 13.5. The van der Waals surface area contributed by atoms with Crippen LogP contribution in [0.4, 0.5) is 0 Å². The zero-order valence-corrected chi connectivity index (χ0v) is 11.5. The van der Waals surface area contributed by atoms with Crippen LogP contribution in [0.3, 0.4) is 0 Å². The van der Waals surface area contributed by atoms with Crippen LogP contribution in [0.1, 0.15) is 44.5 Å². The summed E-state index contributed by atoms with van der Waals surface area (Å²) in [4.78, 5) is 4.47. The van der Waals surface area contributed by atoms with Crippen molar-refractivity contribution in [1.82, 2.24) is 15.5 Å². The maximum Gasteiger partial charge on any atom is 0.227 e. The minimum absolute atomic E-state index is 0.0736. The van der Waals surface area contributed by atoms with E-state index in [0.29, 0.717) is 17.7 Å². The Labute approximate surface area is 108 Å². The molecule has 102 valence electrons. The third-order valence-electron chi connectivity index (χ3n) is 3.52. The Morgan fingerprint density at radius 2 is 2.11 bits per heavy atom. The van der Waals surface area contributed by atoms with Gasteiger partial charge in [0.05, 0.1) is 0 Å². The molecule has 1 saturated heterocycles. The van der Waals surface area contributed by atoms with Crippen molar-refractivity contribution >= 4 is 0 Å². The molecule has 0 radical (unpaired) electrons. The van der Waals surface area contributed by atoms with Gasteiger partial charge in [0.15, 0.2) is 0 Å². The number of methoxy groups -OCH3 is 1. The second-order valence-corrected chi connectivity index (χ2v) is 5.34. The van der Waals surface area contributed by atoms with E-state index >= 15 is 0 Å². The van der Waals surface area contributed by atoms with Crippen LogP contribution in [0.25, 0.3) is 0 Å². The molecule has 0 bridgehead atoms. The van der Waals surface area contributed by atoms with Gasteiger partial charge in [-0.15, -0.1) is 0 Å². The SMILES string of the molecule is COC(c1noc(CC2CCNCC2)n1)C(C)C. The van der Waals surface area contributed by atoms with E-state index in [0.717, 1.165) is 25.4 Å². The highest BCUT2D eigenvalue weighted by atomic mass is 16.5. The monoisotopic (exact) mass is 253 g/mol. The van der Waals surface area contributed by atoms with Gasteiger partial charge in [-0.1, -0.05) is 19.0 Å². The van der Waals surface area contributed by atoms with Crippen LogP contribution in [-0.4, -0.2) is 30.3 Å². The van der Waals surface area contributed by atoms with E-state index in [1.165, 1.54) is 12.8 Å². The van der Waals surface area contributed by atoms with Crippen molar-refractivity contribution in [2.75, 3.05) is 20.2 Å². The maximum atomic E-state index is 5.41. The molecule has 1 aliphatic heterocycles. The average Bonchev–Trinajstić information content (AvgIpc) is 2.79. The van der Waals surface area contributed by atoms with Gasteiger partial charge in [-0.2, -0.15) is 4.98 Å². The summed E-state index contributed by atoms with van der Waals surface area (Å²) in [5.41, 5.74) is 0. The number of aromatic nitrogens is 2. The maximum absolute atomic E-state index is 5.41. The summed E-state index contributed by atoms with van der Waals surface area (Å²) in [6.45, 7) is 6.38. The van der Waals surface area contributed by atoms with Crippen LogP contribution in [0, 0.1) is 11.8 Å². The Bertz CT molecular complexity index is 359. The lowest BCUT2D eigenvalue weighted by molar-refractivity contribution is 0.0555. The Morgan fingerprint density at radius 3 is 2.72 bits per heavy atom. The largest absolute Gasteiger partial charge is 0.373 e. The van der Waals surface area contributed by atoms with Gasteiger partial charge in [0.1, 0.15) is 6.10 Å². The molecular formula is C13H23N3O2. The topological polar surface area (TPSA) is 60.2 Å². The number of nitrogens with zero attached hydrogens (tertiary/aromatic N) is 2. The first-order valence-electron chi connectivity index (χ1n) is 6.76. The van der Waals surface area contributed by atoms with Gasteiger partial charge >= 0.3 is 0 Å². The normalized spacial score (nSPS) is 19.3. The van der Waals surface area contributed by atoms with Crippen LogP contribution in [0.15, 0.2) is 4.52 Å². The van der Waals surface area contributed by atoms with Gasteiger partial charge < -0.3 is 14.6 Å². The molecule has 1 unspecified atom stereocenters. The van der Waals surface area contributed by atoms with E-state index in [-0.39, 0.29) is 6.10 Å². The van der Waals surface area contributed by atoms with Gasteiger partial charge in [0.2, 0.25) is 11.7 Å². The molecule has 18 heavy (non-hydrogen) atoms. The van der Waals surface area contributed by atoms with Crippen molar-refractivity contribution in [3.05, 3.63) is 11.7 Å². The van der Waals surface area contributed by atoms with E-state index < -0.39 is 0 Å². The summed E-state index contributed by atoms with van der Waals surface area (Å²) >= 11 is 0. The highest BCUT2D eigenvalue weighted by Gasteiger charge is 2.23. The summed E-state index contributed by atoms with van der Waals surface area (Å²) in [6, 6.07) is 0. The summed E-state index contributed by atoms with van der Waals surface area (Å²) < 4.78 is 10.7. The standard InChI is InChI=1S/C13H23N3O2/c1-9(2)12(17-3)13-15-11(18-16-13)8-10-4-6-14-7-5-10/h9-10,12,14H,4-8H2,1-3H3. The quantitative estimate of drug-likeness (QED) is 0.869. The molecule has 2 heterocycles. The lowest BCUT2D eigenvalue weighted by atomic mass is 9.95. The zero-order chi connectivity index (χ0) is 13.0. The Balaban J connectivity index is 1.96. The molecule has 1 atom stereocenters. The van der Waals surface area contributed by atoms with Crippen molar-refractivity contribution in [2.24, 2.45) is 11.8 Å². The van der Waals surface area contributed by atoms with Crippen molar-refractivity contribution in [3.63, 3.8) is 0 Å². The molecule has 5 nitrogen and oxygen atoms in total.